The van der Waals surface area contributed by atoms with Crippen molar-refractivity contribution in [3.05, 3.63) is 30.3 Å². The van der Waals surface area contributed by atoms with E-state index in [1.54, 1.807) is 0 Å². The van der Waals surface area contributed by atoms with Gasteiger partial charge in [-0.2, -0.15) is 0 Å². The minimum atomic E-state index is -0.159. The van der Waals surface area contributed by atoms with Gasteiger partial charge in [-0.05, 0) is 32.4 Å². The van der Waals surface area contributed by atoms with E-state index in [9.17, 15) is 0 Å². The van der Waals surface area contributed by atoms with Crippen LogP contribution in [0.1, 0.15) is 20.3 Å². The lowest BCUT2D eigenvalue weighted by Gasteiger charge is -2.25. The van der Waals surface area contributed by atoms with Crippen LogP contribution in [0.5, 0.6) is 0 Å². The Morgan fingerprint density at radius 3 is 2.62 bits per heavy atom. The lowest BCUT2D eigenvalue weighted by atomic mass is 10.0. The third-order valence-corrected chi connectivity index (χ3v) is 4.54. The summed E-state index contributed by atoms with van der Waals surface area (Å²) in [5.41, 5.74) is -0.159. The lowest BCUT2D eigenvalue weighted by molar-refractivity contribution is -0.0356. The van der Waals surface area contributed by atoms with E-state index >= 15 is 0 Å². The van der Waals surface area contributed by atoms with E-state index in [-0.39, 0.29) is 18.3 Å². The highest BCUT2D eigenvalue weighted by Gasteiger charge is 2.41. The molecule has 1 saturated heterocycles. The summed E-state index contributed by atoms with van der Waals surface area (Å²) in [7, 11) is 0. The summed E-state index contributed by atoms with van der Waals surface area (Å²) in [6, 6.07) is 10.4. The first-order chi connectivity index (χ1) is 7.62. The van der Waals surface area contributed by atoms with Crippen molar-refractivity contribution in [3.8, 4) is 0 Å². The fraction of sp³-hybridized carbons (Fsp3) is 0.538. The quantitative estimate of drug-likeness (QED) is 0.878. The first-order valence-electron chi connectivity index (χ1n) is 5.62. The standard InChI is InChI=1S/C13H18O2S/c1-13(2)12(8-10(9-14)15-13)16-11-6-4-3-5-7-11/h3-7,10,12,14H,8-9H2,1-2H3/t10-,12-/m0/s1. The predicted molar refractivity (Wildman–Crippen MR) is 66.7 cm³/mol. The van der Waals surface area contributed by atoms with Gasteiger partial charge in [-0.3, -0.25) is 0 Å². The summed E-state index contributed by atoms with van der Waals surface area (Å²) >= 11 is 1.84. The molecule has 0 aromatic heterocycles. The molecule has 0 aliphatic carbocycles. The molecule has 0 amide bonds. The van der Waals surface area contributed by atoms with Crippen molar-refractivity contribution in [2.24, 2.45) is 0 Å². The van der Waals surface area contributed by atoms with Gasteiger partial charge < -0.3 is 9.84 Å². The normalized spacial score (nSPS) is 28.2. The Kier molecular flexibility index (Phi) is 3.57. The summed E-state index contributed by atoms with van der Waals surface area (Å²) in [6.45, 7) is 4.32. The van der Waals surface area contributed by atoms with Crippen molar-refractivity contribution in [1.29, 1.82) is 0 Å². The molecule has 1 aromatic rings. The number of hydrogen-bond donors (Lipinski definition) is 1. The molecule has 2 rings (SSSR count). The Balaban J connectivity index is 2.05. The van der Waals surface area contributed by atoms with Crippen LogP contribution in [0.4, 0.5) is 0 Å². The van der Waals surface area contributed by atoms with E-state index in [1.807, 2.05) is 17.8 Å². The Hall–Kier alpha value is -0.510. The second kappa shape index (κ2) is 4.78. The molecule has 88 valence electrons. The number of ether oxygens (including phenoxy) is 1. The molecule has 0 bridgehead atoms. The molecule has 1 aliphatic rings. The third-order valence-electron chi connectivity index (χ3n) is 2.95. The number of aliphatic hydroxyl groups is 1. The second-order valence-corrected chi connectivity index (χ2v) is 5.96. The van der Waals surface area contributed by atoms with Crippen LogP contribution in [0.25, 0.3) is 0 Å². The first kappa shape index (κ1) is 12.0. The highest BCUT2D eigenvalue weighted by atomic mass is 32.2. The smallest absolute Gasteiger partial charge is 0.0825 e. The molecule has 2 nitrogen and oxygen atoms in total. The van der Waals surface area contributed by atoms with Crippen LogP contribution in [-0.2, 0) is 4.74 Å². The van der Waals surface area contributed by atoms with E-state index in [0.29, 0.717) is 5.25 Å². The largest absolute Gasteiger partial charge is 0.394 e. The van der Waals surface area contributed by atoms with Crippen LogP contribution in [0.2, 0.25) is 0 Å². The van der Waals surface area contributed by atoms with Crippen LogP contribution in [0.15, 0.2) is 35.2 Å². The maximum absolute atomic E-state index is 9.15. The molecular weight excluding hydrogens is 220 g/mol. The summed E-state index contributed by atoms with van der Waals surface area (Å²) in [5, 5.41) is 9.56. The fourth-order valence-electron chi connectivity index (χ4n) is 2.04. The summed E-state index contributed by atoms with van der Waals surface area (Å²) in [5.74, 6) is 0. The highest BCUT2D eigenvalue weighted by Crippen LogP contribution is 2.41. The maximum Gasteiger partial charge on any atom is 0.0825 e. The van der Waals surface area contributed by atoms with Gasteiger partial charge >= 0.3 is 0 Å². The minimum Gasteiger partial charge on any atom is -0.394 e. The van der Waals surface area contributed by atoms with Crippen LogP contribution in [-0.4, -0.2) is 28.7 Å². The van der Waals surface area contributed by atoms with Crippen LogP contribution >= 0.6 is 11.8 Å². The van der Waals surface area contributed by atoms with Gasteiger partial charge in [0.15, 0.2) is 0 Å². The molecule has 16 heavy (non-hydrogen) atoms. The SMILES string of the molecule is CC1(C)O[C@H](CO)C[C@@H]1Sc1ccccc1. The molecule has 1 heterocycles. The van der Waals surface area contributed by atoms with Crippen molar-refractivity contribution < 1.29 is 9.84 Å². The molecule has 1 aromatic carbocycles. The number of benzene rings is 1. The van der Waals surface area contributed by atoms with Gasteiger partial charge in [-0.15, -0.1) is 11.8 Å². The number of aliphatic hydroxyl groups excluding tert-OH is 1. The zero-order chi connectivity index (χ0) is 11.6. The average Bonchev–Trinajstić information content (AvgIpc) is 2.55. The van der Waals surface area contributed by atoms with E-state index in [2.05, 4.69) is 38.1 Å². The van der Waals surface area contributed by atoms with E-state index in [4.69, 9.17) is 9.84 Å². The fourth-order valence-corrected chi connectivity index (χ4v) is 3.33. The molecule has 0 spiro atoms. The third kappa shape index (κ3) is 2.59. The Bertz CT molecular complexity index is 337. The van der Waals surface area contributed by atoms with Crippen LogP contribution < -0.4 is 0 Å². The first-order valence-corrected chi connectivity index (χ1v) is 6.50. The summed E-state index contributed by atoms with van der Waals surface area (Å²) < 4.78 is 5.81. The molecule has 1 aliphatic heterocycles. The van der Waals surface area contributed by atoms with Crippen molar-refractivity contribution in [2.45, 2.75) is 42.1 Å². The van der Waals surface area contributed by atoms with Gasteiger partial charge in [0.2, 0.25) is 0 Å². The molecule has 1 N–H and O–H groups in total. The van der Waals surface area contributed by atoms with Crippen molar-refractivity contribution in [2.75, 3.05) is 6.61 Å². The summed E-state index contributed by atoms with van der Waals surface area (Å²) in [6.07, 6.45) is 0.916. The molecular formula is C13H18O2S. The highest BCUT2D eigenvalue weighted by molar-refractivity contribution is 8.00. The monoisotopic (exact) mass is 238 g/mol. The molecule has 0 saturated carbocycles. The van der Waals surface area contributed by atoms with Gasteiger partial charge in [-0.1, -0.05) is 18.2 Å². The summed E-state index contributed by atoms with van der Waals surface area (Å²) in [4.78, 5) is 1.27. The van der Waals surface area contributed by atoms with E-state index in [0.717, 1.165) is 6.42 Å². The average molecular weight is 238 g/mol. The Morgan fingerprint density at radius 1 is 1.38 bits per heavy atom. The van der Waals surface area contributed by atoms with Crippen molar-refractivity contribution in [3.63, 3.8) is 0 Å². The van der Waals surface area contributed by atoms with Crippen LogP contribution in [0.3, 0.4) is 0 Å². The van der Waals surface area contributed by atoms with Crippen LogP contribution in [0, 0.1) is 0 Å². The topological polar surface area (TPSA) is 29.5 Å². The van der Waals surface area contributed by atoms with Crippen molar-refractivity contribution in [1.82, 2.24) is 0 Å². The zero-order valence-corrected chi connectivity index (χ0v) is 10.5. The Morgan fingerprint density at radius 2 is 2.06 bits per heavy atom. The van der Waals surface area contributed by atoms with Gasteiger partial charge in [0.25, 0.3) is 0 Å². The number of rotatable bonds is 3. The zero-order valence-electron chi connectivity index (χ0n) is 9.72. The molecule has 0 unspecified atom stereocenters. The molecule has 1 fully saturated rings. The van der Waals surface area contributed by atoms with Gasteiger partial charge in [0.05, 0.1) is 18.3 Å². The van der Waals surface area contributed by atoms with E-state index < -0.39 is 0 Å². The molecule has 2 atom stereocenters. The number of hydrogen-bond acceptors (Lipinski definition) is 3. The second-order valence-electron chi connectivity index (χ2n) is 4.68. The maximum atomic E-state index is 9.15. The molecule has 3 heteroatoms. The van der Waals surface area contributed by atoms with Gasteiger partial charge in [-0.25, -0.2) is 0 Å². The van der Waals surface area contributed by atoms with Crippen molar-refractivity contribution >= 4 is 11.8 Å². The van der Waals surface area contributed by atoms with E-state index in [1.165, 1.54) is 4.90 Å². The minimum absolute atomic E-state index is 0.00351. The lowest BCUT2D eigenvalue weighted by Crippen LogP contribution is -2.30. The van der Waals surface area contributed by atoms with Gasteiger partial charge in [0, 0.05) is 10.1 Å². The predicted octanol–water partition coefficient (Wildman–Crippen LogP) is 2.71. The Labute approximate surface area is 101 Å². The van der Waals surface area contributed by atoms with Gasteiger partial charge in [0.1, 0.15) is 0 Å². The number of thioether (sulfide) groups is 1. The molecule has 0 radical (unpaired) electrons.